The van der Waals surface area contributed by atoms with Crippen molar-refractivity contribution in [1.29, 1.82) is 0 Å². The average Bonchev–Trinajstić information content (AvgIpc) is 3.17. The molecule has 9 heteroatoms. The SMILES string of the molecule is COC(=O)c1ccc(CN2C(=O)C(=O)/C(=C(\O)c3ccc4c(c3)OCCO4)C2c2cccc(O)c2)cc1. The van der Waals surface area contributed by atoms with E-state index in [9.17, 15) is 24.6 Å². The molecule has 5 rings (SSSR count). The maximum absolute atomic E-state index is 13.3. The van der Waals surface area contributed by atoms with Crippen molar-refractivity contribution in [1.82, 2.24) is 4.90 Å². The standard InChI is InChI=1S/C28H23NO8/c1-35-28(34)17-7-5-16(6-8-17)15-29-24(18-3-2-4-20(30)13-18)23(26(32)27(29)33)25(31)19-9-10-21-22(14-19)37-12-11-36-21/h2-10,13-14,24,30-31H,11-12,15H2,1H3/b25-23-. The van der Waals surface area contributed by atoms with E-state index in [0.717, 1.165) is 0 Å². The molecule has 1 atom stereocenters. The molecule has 1 unspecified atom stereocenters. The third-order valence-electron chi connectivity index (χ3n) is 6.27. The summed E-state index contributed by atoms with van der Waals surface area (Å²) in [5.74, 6) is -1.63. The Morgan fingerprint density at radius 2 is 1.68 bits per heavy atom. The van der Waals surface area contributed by atoms with Crippen LogP contribution in [0.5, 0.6) is 17.2 Å². The van der Waals surface area contributed by atoms with Gasteiger partial charge in [0.05, 0.1) is 24.3 Å². The zero-order chi connectivity index (χ0) is 26.1. The minimum absolute atomic E-state index is 0.0181. The van der Waals surface area contributed by atoms with Gasteiger partial charge in [0.25, 0.3) is 11.7 Å². The van der Waals surface area contributed by atoms with Crippen LogP contribution < -0.4 is 9.47 Å². The number of aromatic hydroxyl groups is 1. The van der Waals surface area contributed by atoms with Crippen molar-refractivity contribution in [3.05, 3.63) is 94.6 Å². The van der Waals surface area contributed by atoms with Crippen molar-refractivity contribution in [3.8, 4) is 17.2 Å². The van der Waals surface area contributed by atoms with Crippen molar-refractivity contribution in [2.24, 2.45) is 0 Å². The molecule has 2 aliphatic heterocycles. The summed E-state index contributed by atoms with van der Waals surface area (Å²) in [7, 11) is 1.28. The van der Waals surface area contributed by atoms with Crippen LogP contribution in [-0.2, 0) is 20.9 Å². The summed E-state index contributed by atoms with van der Waals surface area (Å²) < 4.78 is 15.9. The summed E-state index contributed by atoms with van der Waals surface area (Å²) in [6.07, 6.45) is 0. The lowest BCUT2D eigenvalue weighted by Gasteiger charge is -2.26. The number of esters is 1. The molecule has 2 aliphatic rings. The topological polar surface area (TPSA) is 123 Å². The van der Waals surface area contributed by atoms with Gasteiger partial charge in [0, 0.05) is 12.1 Å². The number of aliphatic hydroxyl groups excluding tert-OH is 1. The highest BCUT2D eigenvalue weighted by Crippen LogP contribution is 2.42. The first-order valence-corrected chi connectivity index (χ1v) is 11.5. The summed E-state index contributed by atoms with van der Waals surface area (Å²) in [5.41, 5.74) is 1.62. The molecule has 1 amide bonds. The Kier molecular flexibility index (Phi) is 6.27. The molecular weight excluding hydrogens is 478 g/mol. The van der Waals surface area contributed by atoms with Crippen molar-refractivity contribution in [2.75, 3.05) is 20.3 Å². The largest absolute Gasteiger partial charge is 0.508 e. The second-order valence-corrected chi connectivity index (χ2v) is 8.57. The summed E-state index contributed by atoms with van der Waals surface area (Å²) in [6, 6.07) is 16.4. The predicted octanol–water partition coefficient (Wildman–Crippen LogP) is 3.57. The Balaban J connectivity index is 1.58. The molecule has 3 aromatic carbocycles. The molecule has 2 heterocycles. The van der Waals surface area contributed by atoms with Gasteiger partial charge in [-0.05, 0) is 53.6 Å². The van der Waals surface area contributed by atoms with Gasteiger partial charge in [-0.2, -0.15) is 0 Å². The number of Topliss-reactive ketones (excluding diaryl/α,β-unsaturated/α-hetero) is 1. The second kappa shape index (κ2) is 9.69. The van der Waals surface area contributed by atoms with Crippen molar-refractivity contribution < 1.29 is 38.8 Å². The summed E-state index contributed by atoms with van der Waals surface area (Å²) >= 11 is 0. The second-order valence-electron chi connectivity index (χ2n) is 8.57. The van der Waals surface area contributed by atoms with Gasteiger partial charge in [0.2, 0.25) is 0 Å². The summed E-state index contributed by atoms with van der Waals surface area (Å²) in [6.45, 7) is 0.769. The van der Waals surface area contributed by atoms with Crippen LogP contribution in [0.4, 0.5) is 0 Å². The monoisotopic (exact) mass is 501 g/mol. The number of phenols is 1. The van der Waals surface area contributed by atoms with Crippen LogP contribution in [0.15, 0.2) is 72.3 Å². The van der Waals surface area contributed by atoms with E-state index in [4.69, 9.17) is 14.2 Å². The number of likely N-dealkylation sites (tertiary alicyclic amines) is 1. The van der Waals surface area contributed by atoms with Crippen LogP contribution in [-0.4, -0.2) is 53.1 Å². The van der Waals surface area contributed by atoms with Gasteiger partial charge in [-0.25, -0.2) is 4.79 Å². The van der Waals surface area contributed by atoms with E-state index in [1.807, 2.05) is 0 Å². The zero-order valence-electron chi connectivity index (χ0n) is 19.8. The van der Waals surface area contributed by atoms with Gasteiger partial charge >= 0.3 is 5.97 Å². The fourth-order valence-electron chi connectivity index (χ4n) is 4.49. The van der Waals surface area contributed by atoms with Gasteiger partial charge in [-0.15, -0.1) is 0 Å². The van der Waals surface area contributed by atoms with Crippen molar-refractivity contribution >= 4 is 23.4 Å². The molecule has 0 aliphatic carbocycles. The van der Waals surface area contributed by atoms with Gasteiger partial charge < -0.3 is 29.3 Å². The van der Waals surface area contributed by atoms with Crippen LogP contribution in [0.3, 0.4) is 0 Å². The maximum atomic E-state index is 13.3. The Morgan fingerprint density at radius 3 is 2.38 bits per heavy atom. The number of fused-ring (bicyclic) bond motifs is 1. The first-order chi connectivity index (χ1) is 17.9. The number of amides is 1. The molecule has 188 valence electrons. The number of carbonyl (C=O) groups is 3. The smallest absolute Gasteiger partial charge is 0.337 e. The molecule has 1 fully saturated rings. The highest BCUT2D eigenvalue weighted by molar-refractivity contribution is 6.46. The first kappa shape index (κ1) is 23.9. The number of phenolic OH excluding ortho intramolecular Hbond substituents is 1. The quantitative estimate of drug-likeness (QED) is 0.236. The molecule has 37 heavy (non-hydrogen) atoms. The Hall–Kier alpha value is -4.79. The van der Waals surface area contributed by atoms with Crippen molar-refractivity contribution in [2.45, 2.75) is 12.6 Å². The van der Waals surface area contributed by atoms with Crippen LogP contribution >= 0.6 is 0 Å². The maximum Gasteiger partial charge on any atom is 0.337 e. The number of benzene rings is 3. The minimum atomic E-state index is -0.972. The van der Waals surface area contributed by atoms with E-state index in [1.54, 1.807) is 54.6 Å². The normalized spacial score (nSPS) is 18.1. The Bertz CT molecular complexity index is 1430. The summed E-state index contributed by atoms with van der Waals surface area (Å²) in [4.78, 5) is 39.6. The number of methoxy groups -OCH3 is 1. The van der Waals surface area contributed by atoms with Gasteiger partial charge in [-0.3, -0.25) is 9.59 Å². The number of ether oxygens (including phenoxy) is 3. The number of ketones is 1. The molecule has 0 bridgehead atoms. The number of carbonyl (C=O) groups excluding carboxylic acids is 3. The molecule has 3 aromatic rings. The molecule has 0 aromatic heterocycles. The highest BCUT2D eigenvalue weighted by atomic mass is 16.6. The number of nitrogens with zero attached hydrogens (tertiary/aromatic N) is 1. The number of aliphatic hydroxyl groups is 1. The molecule has 0 saturated carbocycles. The van der Waals surface area contributed by atoms with E-state index in [2.05, 4.69) is 0 Å². The number of rotatable bonds is 5. The van der Waals surface area contributed by atoms with Crippen LogP contribution in [0.1, 0.15) is 33.1 Å². The van der Waals surface area contributed by atoms with Crippen LogP contribution in [0.25, 0.3) is 5.76 Å². The minimum Gasteiger partial charge on any atom is -0.508 e. The highest BCUT2D eigenvalue weighted by Gasteiger charge is 2.46. The fourth-order valence-corrected chi connectivity index (χ4v) is 4.49. The lowest BCUT2D eigenvalue weighted by Crippen LogP contribution is -2.29. The third kappa shape index (κ3) is 4.47. The number of hydrogen-bond acceptors (Lipinski definition) is 8. The van der Waals surface area contributed by atoms with Crippen LogP contribution in [0, 0.1) is 0 Å². The van der Waals surface area contributed by atoms with E-state index < -0.39 is 23.7 Å². The molecular formula is C28H23NO8. The van der Waals surface area contributed by atoms with E-state index in [-0.39, 0.29) is 29.2 Å². The van der Waals surface area contributed by atoms with Gasteiger partial charge in [-0.1, -0.05) is 24.3 Å². The molecule has 9 nitrogen and oxygen atoms in total. The Labute approximate surface area is 212 Å². The molecule has 0 radical (unpaired) electrons. The van der Waals surface area contributed by atoms with E-state index in [0.29, 0.717) is 41.4 Å². The average molecular weight is 501 g/mol. The summed E-state index contributed by atoms with van der Waals surface area (Å²) in [5, 5.41) is 21.4. The fraction of sp³-hybridized carbons (Fsp3) is 0.179. The van der Waals surface area contributed by atoms with E-state index >= 15 is 0 Å². The molecule has 0 spiro atoms. The zero-order valence-corrected chi connectivity index (χ0v) is 19.8. The van der Waals surface area contributed by atoms with Crippen LogP contribution in [0.2, 0.25) is 0 Å². The number of hydrogen-bond donors (Lipinski definition) is 2. The van der Waals surface area contributed by atoms with Gasteiger partial charge in [0.15, 0.2) is 11.5 Å². The lowest BCUT2D eigenvalue weighted by atomic mass is 9.95. The van der Waals surface area contributed by atoms with E-state index in [1.165, 1.54) is 24.1 Å². The Morgan fingerprint density at radius 1 is 0.973 bits per heavy atom. The van der Waals surface area contributed by atoms with Gasteiger partial charge in [0.1, 0.15) is 24.7 Å². The lowest BCUT2D eigenvalue weighted by molar-refractivity contribution is -0.140. The molecule has 1 saturated heterocycles. The van der Waals surface area contributed by atoms with Crippen molar-refractivity contribution in [3.63, 3.8) is 0 Å². The first-order valence-electron chi connectivity index (χ1n) is 11.5. The molecule has 2 N–H and O–H groups in total. The predicted molar refractivity (Wildman–Crippen MR) is 131 cm³/mol. The third-order valence-corrected chi connectivity index (χ3v) is 6.27.